The van der Waals surface area contributed by atoms with Gasteiger partial charge in [0.1, 0.15) is 17.2 Å². The summed E-state index contributed by atoms with van der Waals surface area (Å²) in [7, 11) is 0. The molecule has 4 nitrogen and oxygen atoms in total. The van der Waals surface area contributed by atoms with E-state index in [1.807, 2.05) is 50.5 Å². The zero-order valence-corrected chi connectivity index (χ0v) is 15.4. The van der Waals surface area contributed by atoms with Crippen molar-refractivity contribution in [2.45, 2.75) is 19.4 Å². The maximum absolute atomic E-state index is 13.5. The van der Waals surface area contributed by atoms with Crippen LogP contribution in [0.4, 0.5) is 10.1 Å². The highest BCUT2D eigenvalue weighted by molar-refractivity contribution is 6.32. The minimum Gasteiger partial charge on any atom is -0.482 e. The fourth-order valence-corrected chi connectivity index (χ4v) is 3.91. The Labute approximate surface area is 161 Å². The third kappa shape index (κ3) is 2.43. The van der Waals surface area contributed by atoms with E-state index in [1.165, 1.54) is 12.1 Å². The van der Waals surface area contributed by atoms with Crippen LogP contribution in [0, 0.1) is 5.82 Å². The number of aromatic nitrogens is 1. The van der Waals surface area contributed by atoms with Gasteiger partial charge in [-0.05, 0) is 43.5 Å². The van der Waals surface area contributed by atoms with E-state index >= 15 is 0 Å². The second-order valence-electron chi connectivity index (χ2n) is 7.46. The summed E-state index contributed by atoms with van der Waals surface area (Å²) in [6.45, 7) is 3.93. The van der Waals surface area contributed by atoms with Crippen molar-refractivity contribution < 1.29 is 13.9 Å². The van der Waals surface area contributed by atoms with E-state index < -0.39 is 11.4 Å². The number of nitrogens with zero attached hydrogens (tertiary/aromatic N) is 1. The second kappa shape index (κ2) is 5.76. The Bertz CT molecular complexity index is 1220. The molecule has 28 heavy (non-hydrogen) atoms. The monoisotopic (exact) mass is 372 g/mol. The second-order valence-corrected chi connectivity index (χ2v) is 7.46. The lowest BCUT2D eigenvalue weighted by Gasteiger charge is -2.24. The van der Waals surface area contributed by atoms with E-state index in [1.54, 1.807) is 6.07 Å². The van der Waals surface area contributed by atoms with Gasteiger partial charge in [-0.2, -0.15) is 0 Å². The molecule has 0 saturated heterocycles. The molecular formula is C23H17FN2O2. The lowest BCUT2D eigenvalue weighted by Crippen LogP contribution is -2.21. The number of fused-ring (bicyclic) bond motifs is 2. The van der Waals surface area contributed by atoms with Crippen molar-refractivity contribution in [3.63, 3.8) is 0 Å². The van der Waals surface area contributed by atoms with Crippen molar-refractivity contribution in [2.24, 2.45) is 0 Å². The summed E-state index contributed by atoms with van der Waals surface area (Å²) in [4.78, 5) is 17.0. The van der Waals surface area contributed by atoms with Crippen molar-refractivity contribution in [1.29, 1.82) is 0 Å². The van der Waals surface area contributed by atoms with E-state index in [2.05, 4.69) is 16.4 Å². The molecule has 0 radical (unpaired) electrons. The van der Waals surface area contributed by atoms with Crippen LogP contribution < -0.4 is 5.32 Å². The maximum Gasteiger partial charge on any atom is 0.260 e. The Hall–Kier alpha value is -3.47. The molecule has 5 rings (SSSR count). The standard InChI is InChI=1S/C23H17FN2O2/c1-23(2)18(17-12-25-11-13-5-3-4-6-15(13)17)10-20(28-23)21-16-8-7-14(24)9-19(16)26-22(21)27/h3-12H,1-2H3,(H,26,27). The van der Waals surface area contributed by atoms with Crippen LogP contribution in [0.15, 0.2) is 66.7 Å². The molecule has 2 aromatic carbocycles. The average Bonchev–Trinajstić information content (AvgIpc) is 3.15. The number of anilines is 1. The fraction of sp³-hybridized carbons (Fsp3) is 0.130. The highest BCUT2D eigenvalue weighted by Crippen LogP contribution is 2.45. The van der Waals surface area contributed by atoms with Crippen LogP contribution in [0.1, 0.15) is 25.0 Å². The lowest BCUT2D eigenvalue weighted by atomic mass is 9.90. The van der Waals surface area contributed by atoms with Gasteiger partial charge in [-0.25, -0.2) is 4.39 Å². The van der Waals surface area contributed by atoms with Crippen molar-refractivity contribution in [3.05, 3.63) is 83.6 Å². The molecular weight excluding hydrogens is 355 g/mol. The maximum atomic E-state index is 13.5. The van der Waals surface area contributed by atoms with Gasteiger partial charge >= 0.3 is 0 Å². The third-order valence-electron chi connectivity index (χ3n) is 5.22. The van der Waals surface area contributed by atoms with Crippen LogP contribution in [0.3, 0.4) is 0 Å². The number of pyridine rings is 1. The minimum absolute atomic E-state index is 0.292. The smallest absolute Gasteiger partial charge is 0.260 e. The van der Waals surface area contributed by atoms with Gasteiger partial charge in [0, 0.05) is 34.5 Å². The number of halogens is 1. The van der Waals surface area contributed by atoms with E-state index in [0.717, 1.165) is 21.9 Å². The van der Waals surface area contributed by atoms with Crippen LogP contribution in [0.2, 0.25) is 0 Å². The molecule has 0 unspecified atom stereocenters. The first-order valence-corrected chi connectivity index (χ1v) is 9.04. The first-order valence-electron chi connectivity index (χ1n) is 9.04. The van der Waals surface area contributed by atoms with E-state index in [0.29, 0.717) is 22.6 Å². The molecule has 0 bridgehead atoms. The first-order chi connectivity index (χ1) is 13.4. The number of hydrogen-bond acceptors (Lipinski definition) is 3. The first kappa shape index (κ1) is 16.7. The number of benzene rings is 2. The summed E-state index contributed by atoms with van der Waals surface area (Å²) < 4.78 is 19.7. The number of allylic oxidation sites excluding steroid dienone is 1. The highest BCUT2D eigenvalue weighted by Gasteiger charge is 2.38. The molecule has 5 heteroatoms. The largest absolute Gasteiger partial charge is 0.482 e. The molecule has 2 aliphatic heterocycles. The third-order valence-corrected chi connectivity index (χ3v) is 5.22. The quantitative estimate of drug-likeness (QED) is 0.616. The molecule has 1 aromatic heterocycles. The van der Waals surface area contributed by atoms with Gasteiger partial charge in [0.25, 0.3) is 5.91 Å². The normalized spacial score (nSPS) is 20.0. The summed E-state index contributed by atoms with van der Waals surface area (Å²) in [5.41, 5.74) is 2.80. The molecule has 1 N–H and O–H groups in total. The Morgan fingerprint density at radius 2 is 1.89 bits per heavy atom. The van der Waals surface area contributed by atoms with Crippen molar-refractivity contribution >= 4 is 33.5 Å². The molecule has 0 atom stereocenters. The average molecular weight is 372 g/mol. The molecule has 138 valence electrons. The van der Waals surface area contributed by atoms with E-state index in [-0.39, 0.29) is 5.91 Å². The van der Waals surface area contributed by atoms with Crippen molar-refractivity contribution in [2.75, 3.05) is 5.32 Å². The fourth-order valence-electron chi connectivity index (χ4n) is 3.91. The number of carbonyl (C=O) groups excluding carboxylic acids is 1. The number of rotatable bonds is 1. The van der Waals surface area contributed by atoms with E-state index in [9.17, 15) is 9.18 Å². The predicted octanol–water partition coefficient (Wildman–Crippen LogP) is 4.93. The van der Waals surface area contributed by atoms with Gasteiger partial charge in [-0.15, -0.1) is 0 Å². The Morgan fingerprint density at radius 3 is 2.75 bits per heavy atom. The van der Waals surface area contributed by atoms with Gasteiger partial charge < -0.3 is 10.1 Å². The molecule has 3 heterocycles. The lowest BCUT2D eigenvalue weighted by molar-refractivity contribution is -0.111. The van der Waals surface area contributed by atoms with Crippen LogP contribution in [0.5, 0.6) is 0 Å². The number of nitrogens with one attached hydrogen (secondary N) is 1. The zero-order valence-electron chi connectivity index (χ0n) is 15.4. The van der Waals surface area contributed by atoms with Crippen molar-refractivity contribution in [3.8, 4) is 0 Å². The Balaban J connectivity index is 1.72. The van der Waals surface area contributed by atoms with E-state index in [4.69, 9.17) is 4.74 Å². The predicted molar refractivity (Wildman–Crippen MR) is 107 cm³/mol. The molecule has 0 fully saturated rings. The minimum atomic E-state index is -0.642. The summed E-state index contributed by atoms with van der Waals surface area (Å²) in [6.07, 6.45) is 5.55. The summed E-state index contributed by atoms with van der Waals surface area (Å²) in [5.74, 6) is -0.202. The number of carbonyl (C=O) groups is 1. The van der Waals surface area contributed by atoms with Gasteiger partial charge in [0.15, 0.2) is 0 Å². The van der Waals surface area contributed by atoms with Crippen LogP contribution >= 0.6 is 0 Å². The van der Waals surface area contributed by atoms with Gasteiger partial charge in [-0.3, -0.25) is 9.78 Å². The SMILES string of the molecule is CC1(C)OC(=C2C(=O)Nc3cc(F)ccc32)C=C1c1cncc2ccccc12. The van der Waals surface area contributed by atoms with Crippen molar-refractivity contribution in [1.82, 2.24) is 4.98 Å². The number of ether oxygens (including phenoxy) is 1. The Morgan fingerprint density at radius 1 is 1.07 bits per heavy atom. The topological polar surface area (TPSA) is 51.2 Å². The highest BCUT2D eigenvalue weighted by atomic mass is 19.1. The molecule has 1 amide bonds. The molecule has 3 aromatic rings. The Kier molecular flexibility index (Phi) is 3.43. The summed E-state index contributed by atoms with van der Waals surface area (Å²) in [5, 5.41) is 4.83. The van der Waals surface area contributed by atoms with Crippen LogP contribution in [-0.4, -0.2) is 16.5 Å². The van der Waals surface area contributed by atoms with Gasteiger partial charge in [-0.1, -0.05) is 24.3 Å². The summed E-state index contributed by atoms with van der Waals surface area (Å²) >= 11 is 0. The molecule has 0 aliphatic carbocycles. The molecule has 0 saturated carbocycles. The summed E-state index contributed by atoms with van der Waals surface area (Å²) in [6, 6.07) is 12.3. The molecule has 0 spiro atoms. The van der Waals surface area contributed by atoms with Gasteiger partial charge in [0.05, 0.1) is 11.3 Å². The van der Waals surface area contributed by atoms with Gasteiger partial charge in [0.2, 0.25) is 0 Å². The van der Waals surface area contributed by atoms with Crippen LogP contribution in [-0.2, 0) is 9.53 Å². The number of amides is 1. The van der Waals surface area contributed by atoms with Crippen LogP contribution in [0.25, 0.3) is 21.9 Å². The molecule has 2 aliphatic rings. The zero-order chi connectivity index (χ0) is 19.5. The number of hydrogen-bond donors (Lipinski definition) is 1.